The molecule has 0 aromatic heterocycles. The molecule has 144 heavy (non-hydrogen) atoms. The van der Waals surface area contributed by atoms with Gasteiger partial charge in [0.15, 0.2) is 0 Å². The lowest BCUT2D eigenvalue weighted by molar-refractivity contribution is 0.470. The Bertz CT molecular complexity index is 5920. The van der Waals surface area contributed by atoms with Crippen molar-refractivity contribution in [3.63, 3.8) is 0 Å². The second kappa shape index (κ2) is 49.8. The Balaban J connectivity index is 0.000000181. The maximum absolute atomic E-state index is 11.7. The summed E-state index contributed by atoms with van der Waals surface area (Å²) in [6, 6.07) is 77.4. The van der Waals surface area contributed by atoms with Crippen LogP contribution in [0.25, 0.3) is 66.8 Å². The van der Waals surface area contributed by atoms with E-state index in [1.54, 1.807) is 0 Å². The molecular weight excluding hydrogens is 1870 g/mol. The van der Waals surface area contributed by atoms with Gasteiger partial charge in [-0.1, -0.05) is 406 Å². The summed E-state index contributed by atoms with van der Waals surface area (Å²) in [4.78, 5) is 0. The molecule has 15 rings (SSSR count). The van der Waals surface area contributed by atoms with Crippen LogP contribution in [0.15, 0.2) is 218 Å². The zero-order valence-electron chi connectivity index (χ0n) is 91.4. The maximum atomic E-state index is 11.7. The van der Waals surface area contributed by atoms with Crippen molar-refractivity contribution in [2.45, 2.75) is 380 Å². The average Bonchev–Trinajstić information content (AvgIpc) is 0.774. The second-order valence-electron chi connectivity index (χ2n) is 47.9. The number of hydrogen-bond acceptors (Lipinski definition) is 12. The summed E-state index contributed by atoms with van der Waals surface area (Å²) in [5.74, 6) is 7.27. The third kappa shape index (κ3) is 30.2. The van der Waals surface area contributed by atoms with Crippen molar-refractivity contribution in [3.8, 4) is 101 Å². The van der Waals surface area contributed by atoms with Crippen molar-refractivity contribution in [2.24, 2.45) is 0 Å². The van der Waals surface area contributed by atoms with Gasteiger partial charge in [0.2, 0.25) is 0 Å². The Hall–Kier alpha value is -8.46. The quantitative estimate of drug-likeness (QED) is 0.0346. The predicted molar refractivity (Wildman–Crippen MR) is 635 cm³/mol. The van der Waals surface area contributed by atoms with Crippen molar-refractivity contribution in [1.29, 1.82) is 0 Å². The molecule has 3 saturated carbocycles. The van der Waals surface area contributed by atoms with Gasteiger partial charge in [0.05, 0.1) is 0 Å². The molecule has 12 aromatic carbocycles. The monoisotopic (exact) mass is 2040 g/mol. The van der Waals surface area contributed by atoms with Crippen molar-refractivity contribution >= 4 is 70.6 Å². The number of benzene rings is 12. The Kier molecular flexibility index (Phi) is 39.0. The van der Waals surface area contributed by atoms with Gasteiger partial charge in [0.1, 0.15) is 34.5 Å². The Labute approximate surface area is 893 Å². The molecule has 6 atom stereocenters. The molecular formula is C132H168O6S6. The molecule has 0 spiro atoms. The van der Waals surface area contributed by atoms with Gasteiger partial charge in [-0.05, 0) is 227 Å². The van der Waals surface area contributed by atoms with E-state index in [0.717, 1.165) is 135 Å². The van der Waals surface area contributed by atoms with Crippen LogP contribution >= 0.6 is 70.6 Å². The number of hydrogen-bond donors (Lipinski definition) is 6. The van der Waals surface area contributed by atoms with Crippen LogP contribution in [0.5, 0.6) is 34.5 Å². The normalized spacial score (nSPS) is 17.6. The van der Waals surface area contributed by atoms with E-state index >= 15 is 0 Å². The fraction of sp³-hybridized carbons (Fsp3) is 0.455. The Morgan fingerprint density at radius 1 is 0.194 bits per heavy atom. The minimum absolute atomic E-state index is 0.0216. The average molecular weight is 2040 g/mol. The first kappa shape index (κ1) is 113. The van der Waals surface area contributed by atoms with Crippen LogP contribution in [0.1, 0.15) is 340 Å². The van der Waals surface area contributed by atoms with Crippen LogP contribution < -0.4 is 0 Å². The fourth-order valence-electron chi connectivity index (χ4n) is 20.1. The van der Waals surface area contributed by atoms with E-state index < -0.39 is 0 Å². The number of thioether (sulfide) groups is 6. The molecule has 6 unspecified atom stereocenters. The first-order valence-electron chi connectivity index (χ1n) is 53.4. The van der Waals surface area contributed by atoms with Gasteiger partial charge in [0, 0.05) is 133 Å². The fourth-order valence-corrected chi connectivity index (χ4v) is 29.3. The Morgan fingerprint density at radius 3 is 0.604 bits per heavy atom. The molecule has 0 heterocycles. The van der Waals surface area contributed by atoms with E-state index in [1.807, 2.05) is 70.6 Å². The van der Waals surface area contributed by atoms with Crippen LogP contribution in [0.4, 0.5) is 0 Å². The van der Waals surface area contributed by atoms with Crippen molar-refractivity contribution in [2.75, 3.05) is 0 Å². The van der Waals surface area contributed by atoms with Gasteiger partial charge >= 0.3 is 0 Å². The number of aromatic hydroxyl groups is 6. The highest BCUT2D eigenvalue weighted by atomic mass is 32.2. The summed E-state index contributed by atoms with van der Waals surface area (Å²) in [6.45, 7) is 53.3. The predicted octanol–water partition coefficient (Wildman–Crippen LogP) is 38.7. The van der Waals surface area contributed by atoms with E-state index in [0.29, 0.717) is 66.0 Å². The smallest absolute Gasteiger partial charge is 0.127 e. The number of phenolic OH excluding ortho intramolecular Hbond substituents is 6. The lowest BCUT2D eigenvalue weighted by atomic mass is 9.83. The summed E-state index contributed by atoms with van der Waals surface area (Å²) in [5.41, 5.74) is 32.9. The van der Waals surface area contributed by atoms with E-state index in [9.17, 15) is 30.6 Å². The summed E-state index contributed by atoms with van der Waals surface area (Å²) in [6.07, 6.45) is 22.4. The van der Waals surface area contributed by atoms with E-state index in [4.69, 9.17) is 0 Å². The third-order valence-corrected chi connectivity index (χ3v) is 39.1. The molecule has 0 aliphatic heterocycles. The first-order chi connectivity index (χ1) is 68.1. The van der Waals surface area contributed by atoms with Crippen molar-refractivity contribution < 1.29 is 30.6 Å². The molecule has 768 valence electrons. The molecule has 0 amide bonds. The SMILES string of the molecule is Cc1ccc(-c2cc(C(C)(C)C)cc(CSC3CCCCCCC3SCc3cc(C(C)(C)C)cc(-c4ccc(C)cc4)c3O)c2O)cc1.Cc1cccc(-c2cc(C(C)(C)C)cc(CSC3CCCCCCC3SCc3cc(C(C)(C)C)cc(-c4cccc(C)c4)c3O)c2O)c1.Cc1ccccc1-c1cc(C(C)(C)C)cc(CSC2CCCCCCC2SCc2cc(C(C)(C)C)cc(-c3ccccc3C)c2O)c1O. The first-order valence-corrected chi connectivity index (χ1v) is 59.7. The highest BCUT2D eigenvalue weighted by Crippen LogP contribution is 2.52. The largest absolute Gasteiger partial charge is 0.507 e. The highest BCUT2D eigenvalue weighted by molar-refractivity contribution is 8.04. The van der Waals surface area contributed by atoms with Gasteiger partial charge in [0.25, 0.3) is 0 Å². The van der Waals surface area contributed by atoms with E-state index in [2.05, 4.69) is 385 Å². The summed E-state index contributed by atoms with van der Waals surface area (Å²) >= 11 is 12.2. The minimum atomic E-state index is -0.0239. The molecule has 0 saturated heterocycles. The van der Waals surface area contributed by atoms with Gasteiger partial charge in [-0.3, -0.25) is 0 Å². The molecule has 0 radical (unpaired) electrons. The van der Waals surface area contributed by atoms with Crippen molar-refractivity contribution in [1.82, 2.24) is 0 Å². The Morgan fingerprint density at radius 2 is 0.396 bits per heavy atom. The van der Waals surface area contributed by atoms with Gasteiger partial charge in [-0.25, -0.2) is 0 Å². The molecule has 0 bridgehead atoms. The topological polar surface area (TPSA) is 121 Å². The minimum Gasteiger partial charge on any atom is -0.507 e. The summed E-state index contributed by atoms with van der Waals surface area (Å²) < 4.78 is 0. The molecule has 6 nitrogen and oxygen atoms in total. The second-order valence-corrected chi connectivity index (χ2v) is 55.2. The number of aryl methyl sites for hydroxylation is 6. The highest BCUT2D eigenvalue weighted by Gasteiger charge is 2.34. The molecule has 6 N–H and O–H groups in total. The van der Waals surface area contributed by atoms with Gasteiger partial charge < -0.3 is 30.6 Å². The lowest BCUT2D eigenvalue weighted by Gasteiger charge is -2.30. The van der Waals surface area contributed by atoms with Crippen LogP contribution in [0.3, 0.4) is 0 Å². The van der Waals surface area contributed by atoms with E-state index in [1.165, 1.54) is 182 Å². The number of phenols is 6. The van der Waals surface area contributed by atoms with Crippen LogP contribution in [0.2, 0.25) is 0 Å². The lowest BCUT2D eigenvalue weighted by Crippen LogP contribution is -2.22. The van der Waals surface area contributed by atoms with E-state index in [-0.39, 0.29) is 32.5 Å². The van der Waals surface area contributed by atoms with Gasteiger partial charge in [-0.15, -0.1) is 0 Å². The maximum Gasteiger partial charge on any atom is 0.127 e. The van der Waals surface area contributed by atoms with Crippen LogP contribution in [-0.2, 0) is 67.0 Å². The molecule has 12 aromatic rings. The molecule has 3 aliphatic rings. The van der Waals surface area contributed by atoms with Crippen LogP contribution in [0, 0.1) is 41.5 Å². The summed E-state index contributed by atoms with van der Waals surface area (Å²) in [7, 11) is 0. The van der Waals surface area contributed by atoms with Crippen molar-refractivity contribution in [3.05, 3.63) is 319 Å². The molecule has 3 fully saturated rings. The van der Waals surface area contributed by atoms with Crippen LogP contribution in [-0.4, -0.2) is 62.1 Å². The number of rotatable bonds is 24. The van der Waals surface area contributed by atoms with Gasteiger partial charge in [-0.2, -0.15) is 70.6 Å². The molecule has 12 heteroatoms. The standard InChI is InChI=1S/3C44H56O2S2/c1-29-17-13-15-19-35(29)37-25-33(43(3,4)5)23-31(41(37)45)27-47-39-21-11-9-10-12-22-40(39)48-28-32-24-34(44(6,7)8)26-38(42(32)46)36-20-16-14-18-30(36)2;1-29-15-13-17-31(21-29)37-25-35(43(3,4)5)23-33(41(37)45)27-47-39-19-11-9-10-12-20-40(39)48-28-34-24-36(44(6,7)8)26-38(42(34)46)32-18-14-16-30(2)22-32;1-29-15-19-31(20-16-29)37-25-35(43(3,4)5)23-33(41(37)45)27-47-39-13-11-9-10-12-14-40(39)48-28-34-24-36(44(6,7)8)26-38(42(34)46)32-21-17-30(2)18-22-32/h13-20,23-26,39-40,45-46H,9-12,21-22,27-28H2,1-8H3;13-18,21-26,39-40,45-46H,9-12,19-20,27-28H2,1-8H3;15-26,39-40,45-46H,9-14,27-28H2,1-8H3. The summed E-state index contributed by atoms with van der Waals surface area (Å²) in [5, 5.41) is 73.0. The zero-order chi connectivity index (χ0) is 104. The molecule has 3 aliphatic carbocycles. The third-order valence-electron chi connectivity index (χ3n) is 29.7. The zero-order valence-corrected chi connectivity index (χ0v) is 96.3.